The van der Waals surface area contributed by atoms with Crippen molar-refractivity contribution in [3.63, 3.8) is 0 Å². The molecule has 5 rings (SSSR count). The van der Waals surface area contributed by atoms with Gasteiger partial charge in [-0.15, -0.1) is 0 Å². The maximum Gasteiger partial charge on any atom is 0.254 e. The van der Waals surface area contributed by atoms with Crippen LogP contribution in [0.4, 0.5) is 0 Å². The van der Waals surface area contributed by atoms with Gasteiger partial charge in [0.15, 0.2) is 0 Å². The largest absolute Gasteiger partial charge is 0.495 e. The third-order valence-corrected chi connectivity index (χ3v) is 6.35. The zero-order valence-corrected chi connectivity index (χ0v) is 18.7. The lowest BCUT2D eigenvalue weighted by molar-refractivity contribution is 0.0165. The normalized spacial score (nSPS) is 19.4. The minimum atomic E-state index is -0.0740. The first-order chi connectivity index (χ1) is 16.2. The molecule has 0 N–H and O–H groups in total. The van der Waals surface area contributed by atoms with Gasteiger partial charge >= 0.3 is 0 Å². The standard InChI is InChI=1S/C28H26N2O3/c1-32-25-14-12-22(19-21(25)11-13-23-8-4-5-16-29-23)28(31)30-17-15-20-7-2-3-9-24(20)27(30)26-10-6-18-33-26/h2-5,7-9,12,14,16,19,26-27H,6,10,15,17-18H2,1H3/t26-,27-/m0/s1. The number of amides is 1. The summed E-state index contributed by atoms with van der Waals surface area (Å²) in [4.78, 5) is 20.0. The third kappa shape index (κ3) is 4.35. The van der Waals surface area contributed by atoms with Crippen LogP contribution in [0.3, 0.4) is 0 Å². The van der Waals surface area contributed by atoms with Gasteiger partial charge in [0.05, 0.1) is 24.8 Å². The van der Waals surface area contributed by atoms with Crippen LogP contribution in [0.2, 0.25) is 0 Å². The number of hydrogen-bond acceptors (Lipinski definition) is 4. The molecule has 33 heavy (non-hydrogen) atoms. The molecule has 1 amide bonds. The molecular weight excluding hydrogens is 412 g/mol. The Bertz CT molecular complexity index is 1210. The molecule has 0 bridgehead atoms. The van der Waals surface area contributed by atoms with Crippen molar-refractivity contribution in [3.05, 3.63) is 94.8 Å². The second-order valence-electron chi connectivity index (χ2n) is 8.32. The lowest BCUT2D eigenvalue weighted by atomic mass is 9.88. The minimum absolute atomic E-state index is 0.00598. The number of aromatic nitrogens is 1. The van der Waals surface area contributed by atoms with E-state index >= 15 is 0 Å². The lowest BCUT2D eigenvalue weighted by Crippen LogP contribution is -2.45. The molecule has 0 unspecified atom stereocenters. The van der Waals surface area contributed by atoms with E-state index in [2.05, 4.69) is 35.0 Å². The Morgan fingerprint density at radius 2 is 2.00 bits per heavy atom. The summed E-state index contributed by atoms with van der Waals surface area (Å²) in [6.45, 7) is 1.42. The Balaban J connectivity index is 1.49. The first kappa shape index (κ1) is 21.2. The van der Waals surface area contributed by atoms with E-state index in [1.807, 2.05) is 47.4 Å². The molecule has 0 aliphatic carbocycles. The van der Waals surface area contributed by atoms with Crippen LogP contribution in [0.25, 0.3) is 0 Å². The van der Waals surface area contributed by atoms with Crippen LogP contribution in [-0.4, -0.2) is 42.2 Å². The molecular formula is C28H26N2O3. The minimum Gasteiger partial charge on any atom is -0.495 e. The van der Waals surface area contributed by atoms with Gasteiger partial charge in [-0.1, -0.05) is 36.3 Å². The van der Waals surface area contributed by atoms with E-state index in [-0.39, 0.29) is 18.1 Å². The molecule has 5 heteroatoms. The Morgan fingerprint density at radius 3 is 2.79 bits per heavy atom. The zero-order chi connectivity index (χ0) is 22.6. The van der Waals surface area contributed by atoms with E-state index in [9.17, 15) is 4.79 Å². The summed E-state index contributed by atoms with van der Waals surface area (Å²) in [5.74, 6) is 6.82. The first-order valence-electron chi connectivity index (χ1n) is 11.4. The van der Waals surface area contributed by atoms with Crippen molar-refractivity contribution in [3.8, 4) is 17.6 Å². The van der Waals surface area contributed by atoms with Crippen LogP contribution in [-0.2, 0) is 11.2 Å². The Hall–Kier alpha value is -3.62. The van der Waals surface area contributed by atoms with Crippen molar-refractivity contribution in [2.24, 2.45) is 0 Å². The predicted molar refractivity (Wildman–Crippen MR) is 126 cm³/mol. The number of methoxy groups -OCH3 is 1. The van der Waals surface area contributed by atoms with Gasteiger partial charge in [0.25, 0.3) is 5.91 Å². The van der Waals surface area contributed by atoms with Gasteiger partial charge in [-0.25, -0.2) is 4.98 Å². The summed E-state index contributed by atoms with van der Waals surface area (Å²) in [5.41, 5.74) is 4.44. The fourth-order valence-electron chi connectivity index (χ4n) is 4.75. The molecule has 2 aliphatic heterocycles. The van der Waals surface area contributed by atoms with Crippen LogP contribution in [0.15, 0.2) is 66.9 Å². The monoisotopic (exact) mass is 438 g/mol. The number of benzene rings is 2. The summed E-state index contributed by atoms with van der Waals surface area (Å²) in [6.07, 6.45) is 4.57. The SMILES string of the molecule is COc1ccc(C(=O)N2CCc3ccccc3[C@H]2[C@@H]2CCCO2)cc1C#Cc1ccccn1. The Labute approximate surface area is 194 Å². The highest BCUT2D eigenvalue weighted by molar-refractivity contribution is 5.95. The molecule has 2 aromatic carbocycles. The summed E-state index contributed by atoms with van der Waals surface area (Å²) < 4.78 is 11.6. The summed E-state index contributed by atoms with van der Waals surface area (Å²) in [7, 11) is 1.61. The van der Waals surface area contributed by atoms with Crippen molar-refractivity contribution in [2.45, 2.75) is 31.4 Å². The summed E-state index contributed by atoms with van der Waals surface area (Å²) >= 11 is 0. The number of ether oxygens (including phenoxy) is 2. The van der Waals surface area contributed by atoms with Gasteiger partial charge in [0.1, 0.15) is 11.4 Å². The van der Waals surface area contributed by atoms with Crippen molar-refractivity contribution in [1.29, 1.82) is 0 Å². The van der Waals surface area contributed by atoms with Gasteiger partial charge in [-0.05, 0) is 66.6 Å². The lowest BCUT2D eigenvalue weighted by Gasteiger charge is -2.40. The fourth-order valence-corrected chi connectivity index (χ4v) is 4.75. The maximum absolute atomic E-state index is 13.8. The molecule has 166 valence electrons. The number of fused-ring (bicyclic) bond motifs is 1. The molecule has 0 saturated carbocycles. The van der Waals surface area contributed by atoms with Crippen LogP contribution >= 0.6 is 0 Å². The van der Waals surface area contributed by atoms with Crippen LogP contribution < -0.4 is 4.74 Å². The first-order valence-corrected chi connectivity index (χ1v) is 11.4. The van der Waals surface area contributed by atoms with E-state index in [0.717, 1.165) is 25.9 Å². The van der Waals surface area contributed by atoms with Gasteiger partial charge in [-0.2, -0.15) is 0 Å². The van der Waals surface area contributed by atoms with Gasteiger partial charge in [0.2, 0.25) is 0 Å². The Kier molecular flexibility index (Phi) is 6.10. The van der Waals surface area contributed by atoms with Crippen LogP contribution in [0, 0.1) is 11.8 Å². The molecule has 2 atom stereocenters. The van der Waals surface area contributed by atoms with E-state index in [4.69, 9.17) is 9.47 Å². The Morgan fingerprint density at radius 1 is 1.12 bits per heavy atom. The molecule has 2 aliphatic rings. The highest BCUT2D eigenvalue weighted by Gasteiger charge is 2.38. The number of pyridine rings is 1. The number of rotatable bonds is 3. The van der Waals surface area contributed by atoms with E-state index in [1.165, 1.54) is 11.1 Å². The van der Waals surface area contributed by atoms with Crippen molar-refractivity contribution < 1.29 is 14.3 Å². The van der Waals surface area contributed by atoms with Gasteiger partial charge < -0.3 is 14.4 Å². The molecule has 3 heterocycles. The highest BCUT2D eigenvalue weighted by atomic mass is 16.5. The second-order valence-corrected chi connectivity index (χ2v) is 8.32. The van der Waals surface area contributed by atoms with Crippen LogP contribution in [0.5, 0.6) is 5.75 Å². The number of carbonyl (C=O) groups excluding carboxylic acids is 1. The van der Waals surface area contributed by atoms with Crippen molar-refractivity contribution in [2.75, 3.05) is 20.3 Å². The van der Waals surface area contributed by atoms with E-state index in [1.54, 1.807) is 13.3 Å². The highest BCUT2D eigenvalue weighted by Crippen LogP contribution is 2.38. The topological polar surface area (TPSA) is 51.7 Å². The summed E-state index contributed by atoms with van der Waals surface area (Å²) in [5, 5.41) is 0. The molecule has 5 nitrogen and oxygen atoms in total. The fraction of sp³-hybridized carbons (Fsp3) is 0.286. The van der Waals surface area contributed by atoms with Crippen molar-refractivity contribution >= 4 is 5.91 Å². The average Bonchev–Trinajstić information content (AvgIpc) is 3.41. The van der Waals surface area contributed by atoms with Crippen molar-refractivity contribution in [1.82, 2.24) is 9.88 Å². The predicted octanol–water partition coefficient (Wildman–Crippen LogP) is 4.41. The number of carbonyl (C=O) groups is 1. The summed E-state index contributed by atoms with van der Waals surface area (Å²) in [6, 6.07) is 19.4. The maximum atomic E-state index is 13.8. The van der Waals surface area contributed by atoms with Gasteiger partial charge in [0, 0.05) is 24.9 Å². The molecule has 1 saturated heterocycles. The van der Waals surface area contributed by atoms with E-state index < -0.39 is 0 Å². The second kappa shape index (κ2) is 9.48. The van der Waals surface area contributed by atoms with Gasteiger partial charge in [-0.3, -0.25) is 4.79 Å². The average molecular weight is 439 g/mol. The molecule has 0 spiro atoms. The number of hydrogen-bond donors (Lipinski definition) is 0. The molecule has 1 fully saturated rings. The molecule has 3 aromatic rings. The quantitative estimate of drug-likeness (QED) is 0.569. The smallest absolute Gasteiger partial charge is 0.254 e. The number of nitrogens with zero attached hydrogens (tertiary/aromatic N) is 2. The molecule has 1 aromatic heterocycles. The molecule has 0 radical (unpaired) electrons. The zero-order valence-electron chi connectivity index (χ0n) is 18.7. The van der Waals surface area contributed by atoms with Crippen LogP contribution in [0.1, 0.15) is 51.6 Å². The third-order valence-electron chi connectivity index (χ3n) is 6.35. The van der Waals surface area contributed by atoms with E-state index in [0.29, 0.717) is 29.1 Å².